The molecule has 0 radical (unpaired) electrons. The number of nitrogens with one attached hydrogen (secondary N) is 1. The lowest BCUT2D eigenvalue weighted by Gasteiger charge is -2.26. The number of amides is 2. The summed E-state index contributed by atoms with van der Waals surface area (Å²) in [6, 6.07) is -0.0253. The van der Waals surface area contributed by atoms with E-state index in [1.54, 1.807) is 0 Å². The molecule has 2 amide bonds. The molecule has 2 aliphatic heterocycles. The van der Waals surface area contributed by atoms with Crippen LogP contribution in [0.3, 0.4) is 0 Å². The van der Waals surface area contributed by atoms with Crippen LogP contribution in [-0.4, -0.2) is 42.4 Å². The largest absolute Gasteiger partial charge is 0.369 e. The maximum absolute atomic E-state index is 12.6. The van der Waals surface area contributed by atoms with Crippen LogP contribution < -0.4 is 11.1 Å². The highest BCUT2D eigenvalue weighted by Crippen LogP contribution is 2.39. The molecule has 1 aliphatic carbocycles. The zero-order valence-corrected chi connectivity index (χ0v) is 11.5. The van der Waals surface area contributed by atoms with Crippen LogP contribution in [0.25, 0.3) is 0 Å². The van der Waals surface area contributed by atoms with Crippen LogP contribution in [0, 0.1) is 17.3 Å². The number of likely N-dealkylation sites (tertiary alicyclic amines) is 1. The Morgan fingerprint density at radius 3 is 2.84 bits per heavy atom. The molecule has 5 heteroatoms. The highest BCUT2D eigenvalue weighted by molar-refractivity contribution is 5.86. The van der Waals surface area contributed by atoms with Crippen molar-refractivity contribution in [2.75, 3.05) is 19.6 Å². The van der Waals surface area contributed by atoms with E-state index in [-0.39, 0.29) is 17.9 Å². The first kappa shape index (κ1) is 12.9. The van der Waals surface area contributed by atoms with Gasteiger partial charge in [0.25, 0.3) is 0 Å². The summed E-state index contributed by atoms with van der Waals surface area (Å²) in [4.78, 5) is 25.9. The van der Waals surface area contributed by atoms with E-state index in [0.717, 1.165) is 13.0 Å². The van der Waals surface area contributed by atoms with Crippen LogP contribution >= 0.6 is 0 Å². The summed E-state index contributed by atoms with van der Waals surface area (Å²) in [6.07, 6.45) is 4.35. The number of nitrogens with zero attached hydrogens (tertiary/aromatic N) is 1. The maximum atomic E-state index is 12.6. The molecule has 0 bridgehead atoms. The van der Waals surface area contributed by atoms with Gasteiger partial charge in [-0.25, -0.2) is 0 Å². The Balaban J connectivity index is 1.67. The average molecular weight is 265 g/mol. The van der Waals surface area contributed by atoms with Gasteiger partial charge in [0.1, 0.15) is 0 Å². The van der Waals surface area contributed by atoms with Crippen molar-refractivity contribution in [1.82, 2.24) is 10.2 Å². The van der Waals surface area contributed by atoms with Gasteiger partial charge in [0, 0.05) is 13.1 Å². The van der Waals surface area contributed by atoms with Gasteiger partial charge >= 0.3 is 0 Å². The number of carbonyl (C=O) groups excluding carboxylic acids is 2. The highest BCUT2D eigenvalue weighted by Gasteiger charge is 2.47. The molecule has 1 saturated carbocycles. The predicted molar refractivity (Wildman–Crippen MR) is 71.1 cm³/mol. The summed E-state index contributed by atoms with van der Waals surface area (Å²) < 4.78 is 0. The maximum Gasteiger partial charge on any atom is 0.240 e. The van der Waals surface area contributed by atoms with E-state index in [1.807, 2.05) is 11.8 Å². The summed E-state index contributed by atoms with van der Waals surface area (Å²) in [7, 11) is 0. The van der Waals surface area contributed by atoms with Crippen molar-refractivity contribution in [2.24, 2.45) is 23.0 Å². The van der Waals surface area contributed by atoms with Gasteiger partial charge in [-0.05, 0) is 44.6 Å². The number of rotatable bonds is 2. The number of fused-ring (bicyclic) bond motifs is 1. The van der Waals surface area contributed by atoms with E-state index in [0.29, 0.717) is 31.3 Å². The third kappa shape index (κ3) is 2.04. The van der Waals surface area contributed by atoms with Gasteiger partial charge in [0.2, 0.25) is 11.8 Å². The SMILES string of the molecule is CC1(C(N)=O)CCN(C(=O)C2NCC3CCCC32)C1. The minimum Gasteiger partial charge on any atom is -0.369 e. The molecule has 106 valence electrons. The molecule has 3 rings (SSSR count). The molecule has 2 heterocycles. The Bertz CT molecular complexity index is 411. The van der Waals surface area contributed by atoms with Crippen molar-refractivity contribution < 1.29 is 9.59 Å². The third-order valence-electron chi connectivity index (χ3n) is 5.39. The molecule has 4 unspecified atom stereocenters. The van der Waals surface area contributed by atoms with Gasteiger partial charge in [0.05, 0.1) is 11.5 Å². The summed E-state index contributed by atoms with van der Waals surface area (Å²) in [5.74, 6) is 1.08. The molecule has 0 aromatic carbocycles. The summed E-state index contributed by atoms with van der Waals surface area (Å²) in [5, 5.41) is 3.38. The zero-order chi connectivity index (χ0) is 13.6. The van der Waals surface area contributed by atoms with Gasteiger partial charge in [-0.1, -0.05) is 6.42 Å². The minimum atomic E-state index is -0.538. The third-order valence-corrected chi connectivity index (χ3v) is 5.39. The Kier molecular flexibility index (Phi) is 3.04. The molecule has 2 saturated heterocycles. The van der Waals surface area contributed by atoms with E-state index in [1.165, 1.54) is 12.8 Å². The molecule has 0 aromatic heterocycles. The fraction of sp³-hybridized carbons (Fsp3) is 0.857. The van der Waals surface area contributed by atoms with Crippen LogP contribution in [0.1, 0.15) is 32.6 Å². The molecule has 4 atom stereocenters. The molecule has 0 aromatic rings. The second-order valence-corrected chi connectivity index (χ2v) is 6.68. The van der Waals surface area contributed by atoms with E-state index in [4.69, 9.17) is 5.73 Å². The minimum absolute atomic E-state index is 0.0253. The van der Waals surface area contributed by atoms with Crippen molar-refractivity contribution in [3.8, 4) is 0 Å². The Hall–Kier alpha value is -1.10. The molecule has 5 nitrogen and oxygen atoms in total. The molecule has 3 fully saturated rings. The summed E-state index contributed by atoms with van der Waals surface area (Å²) in [5.41, 5.74) is 4.90. The van der Waals surface area contributed by atoms with Gasteiger partial charge in [0.15, 0.2) is 0 Å². The average Bonchev–Trinajstić information content (AvgIpc) is 3.02. The van der Waals surface area contributed by atoms with E-state index >= 15 is 0 Å². The second-order valence-electron chi connectivity index (χ2n) is 6.68. The van der Waals surface area contributed by atoms with Gasteiger partial charge in [-0.15, -0.1) is 0 Å². The van der Waals surface area contributed by atoms with Crippen LogP contribution in [0.4, 0.5) is 0 Å². The highest BCUT2D eigenvalue weighted by atomic mass is 16.2. The Morgan fingerprint density at radius 2 is 2.16 bits per heavy atom. The standard InChI is InChI=1S/C14H23N3O2/c1-14(13(15)19)5-6-17(8-14)12(18)11-10-4-2-3-9(10)7-16-11/h9-11,16H,2-8H2,1H3,(H2,15,19). The van der Waals surface area contributed by atoms with E-state index in [2.05, 4.69) is 5.32 Å². The fourth-order valence-electron chi connectivity index (χ4n) is 4.00. The topological polar surface area (TPSA) is 75.4 Å². The van der Waals surface area contributed by atoms with Crippen LogP contribution in [0.5, 0.6) is 0 Å². The molecule has 19 heavy (non-hydrogen) atoms. The first-order valence-corrected chi connectivity index (χ1v) is 7.33. The lowest BCUT2D eigenvalue weighted by atomic mass is 9.89. The van der Waals surface area contributed by atoms with Crippen molar-refractivity contribution >= 4 is 11.8 Å². The Morgan fingerprint density at radius 1 is 1.37 bits per heavy atom. The van der Waals surface area contributed by atoms with Crippen LogP contribution in [-0.2, 0) is 9.59 Å². The Labute approximate surface area is 113 Å². The second kappa shape index (κ2) is 4.47. The fourth-order valence-corrected chi connectivity index (χ4v) is 4.00. The van der Waals surface area contributed by atoms with Gasteiger partial charge < -0.3 is 16.0 Å². The molecule has 3 N–H and O–H groups in total. The molecule has 3 aliphatic rings. The monoisotopic (exact) mass is 265 g/mol. The number of carbonyl (C=O) groups is 2. The van der Waals surface area contributed by atoms with Gasteiger partial charge in [-0.2, -0.15) is 0 Å². The van der Waals surface area contributed by atoms with Crippen molar-refractivity contribution in [1.29, 1.82) is 0 Å². The number of hydrogen-bond donors (Lipinski definition) is 2. The summed E-state index contributed by atoms with van der Waals surface area (Å²) >= 11 is 0. The first-order valence-electron chi connectivity index (χ1n) is 7.33. The van der Waals surface area contributed by atoms with Gasteiger partial charge in [-0.3, -0.25) is 9.59 Å². The predicted octanol–water partition coefficient (Wildman–Crippen LogP) is 0.0984. The smallest absolute Gasteiger partial charge is 0.240 e. The van der Waals surface area contributed by atoms with E-state index < -0.39 is 5.41 Å². The summed E-state index contributed by atoms with van der Waals surface area (Å²) in [6.45, 7) is 3.98. The van der Waals surface area contributed by atoms with Crippen molar-refractivity contribution in [2.45, 2.75) is 38.6 Å². The zero-order valence-electron chi connectivity index (χ0n) is 11.5. The lowest BCUT2D eigenvalue weighted by molar-refractivity contribution is -0.134. The number of nitrogens with two attached hydrogens (primary N) is 1. The quantitative estimate of drug-likeness (QED) is 0.743. The van der Waals surface area contributed by atoms with Crippen LogP contribution in [0.2, 0.25) is 0 Å². The first-order chi connectivity index (χ1) is 9.01. The molecular weight excluding hydrogens is 242 g/mol. The normalized spacial score (nSPS) is 41.5. The number of primary amides is 1. The van der Waals surface area contributed by atoms with E-state index in [9.17, 15) is 9.59 Å². The molecule has 0 spiro atoms. The number of hydrogen-bond acceptors (Lipinski definition) is 3. The van der Waals surface area contributed by atoms with Crippen LogP contribution in [0.15, 0.2) is 0 Å². The van der Waals surface area contributed by atoms with Crippen molar-refractivity contribution in [3.63, 3.8) is 0 Å². The lowest BCUT2D eigenvalue weighted by Crippen LogP contribution is -2.47. The van der Waals surface area contributed by atoms with Crippen molar-refractivity contribution in [3.05, 3.63) is 0 Å². The molecular formula is C14H23N3O2.